The second-order valence-corrected chi connectivity index (χ2v) is 13.3. The number of carbonyl (C=O) groups is 2. The average Bonchev–Trinajstić information content (AvgIpc) is 3.95. The number of aliphatic hydroxyl groups is 1. The molecule has 5 N–H and O–H groups in total. The Labute approximate surface area is 354 Å². The minimum atomic E-state index is -0.811. The van der Waals surface area contributed by atoms with E-state index in [9.17, 15) is 20.1 Å². The number of carbonyl (C=O) groups excluding carboxylic acids is 2. The molecule has 17 nitrogen and oxygen atoms in total. The second-order valence-electron chi connectivity index (χ2n) is 13.3. The van der Waals surface area contributed by atoms with Crippen molar-refractivity contribution < 1.29 is 43.1 Å². The normalized spacial score (nSPS) is 12.4. The molecule has 2 aromatic carbocycles. The van der Waals surface area contributed by atoms with Gasteiger partial charge in [-0.1, -0.05) is 38.8 Å². The van der Waals surface area contributed by atoms with Crippen molar-refractivity contribution in [3.8, 4) is 57.4 Å². The van der Waals surface area contributed by atoms with Gasteiger partial charge in [-0.05, 0) is 69.0 Å². The summed E-state index contributed by atoms with van der Waals surface area (Å²) < 4.78 is 31.7. The lowest BCUT2D eigenvalue weighted by atomic mass is 9.92. The van der Waals surface area contributed by atoms with Crippen LogP contribution in [0.1, 0.15) is 94.7 Å². The first-order valence-corrected chi connectivity index (χ1v) is 19.4. The summed E-state index contributed by atoms with van der Waals surface area (Å²) in [4.78, 5) is 39.9. The van der Waals surface area contributed by atoms with Gasteiger partial charge in [0.25, 0.3) is 0 Å². The molecular formula is C44H46N8O9. The predicted molar refractivity (Wildman–Crippen MR) is 224 cm³/mol. The van der Waals surface area contributed by atoms with Crippen LogP contribution in [0.4, 0.5) is 23.0 Å². The Balaban J connectivity index is 0.000000242. The molecule has 0 amide bonds. The van der Waals surface area contributed by atoms with Gasteiger partial charge in [0, 0.05) is 17.7 Å². The number of pyridine rings is 2. The monoisotopic (exact) mass is 830 g/mol. The van der Waals surface area contributed by atoms with Crippen molar-refractivity contribution in [2.45, 2.75) is 72.1 Å². The number of aliphatic hydroxyl groups excluding tert-OH is 1. The zero-order chi connectivity index (χ0) is 44.6. The Bertz CT molecular complexity index is 2430. The number of esters is 2. The molecular weight excluding hydrogens is 785 g/mol. The standard InChI is InChI=1S/C21H20N4O4.C19H16N4O4.C4H10O/c1-4-5-8-27-21(26)12(2)18-14(10-22)17(19(24-3)20(23)25-18)13-6-7-15-16(9-13)29-11-28-15;1-4-25-19(24)10(2)16-12(8-20)15(17(22-3)18(21)23-16)11-5-6-13-14(7-11)27-9-26-13;1-2-3-4-5/h6-7,9,12H,4-5,8,11H2,1-2H3,(H2,23,25);5-7,10H,4,9H2,1-2H3,(H2,21,23);5H,2-4H2,1H3. The largest absolute Gasteiger partial charge is 0.465 e. The maximum atomic E-state index is 12.4. The van der Waals surface area contributed by atoms with E-state index in [2.05, 4.69) is 38.7 Å². The summed E-state index contributed by atoms with van der Waals surface area (Å²) in [6.07, 6.45) is 3.68. The number of benzene rings is 2. The summed E-state index contributed by atoms with van der Waals surface area (Å²) in [5, 5.41) is 27.7. The topological polar surface area (TPSA) is 244 Å². The van der Waals surface area contributed by atoms with E-state index >= 15 is 0 Å². The molecule has 2 aliphatic rings. The second kappa shape index (κ2) is 22.0. The summed E-state index contributed by atoms with van der Waals surface area (Å²) in [5.41, 5.74) is 14.4. The number of aromatic nitrogens is 2. The maximum Gasteiger partial charge on any atom is 0.314 e. The molecule has 316 valence electrons. The number of hydrogen-bond acceptors (Lipinski definition) is 15. The fourth-order valence-corrected chi connectivity index (χ4v) is 6.06. The lowest BCUT2D eigenvalue weighted by Crippen LogP contribution is -2.17. The van der Waals surface area contributed by atoms with Crippen LogP contribution in [0, 0.1) is 35.8 Å². The number of nitriles is 2. The number of rotatable bonds is 12. The van der Waals surface area contributed by atoms with Crippen LogP contribution >= 0.6 is 0 Å². The van der Waals surface area contributed by atoms with Gasteiger partial charge in [-0.2, -0.15) is 10.5 Å². The van der Waals surface area contributed by atoms with Crippen molar-refractivity contribution in [3.63, 3.8) is 0 Å². The minimum absolute atomic E-state index is 0.0464. The van der Waals surface area contributed by atoms with E-state index in [4.69, 9.17) is 58.1 Å². The number of unbranched alkanes of at least 4 members (excludes halogenated alkanes) is 2. The molecule has 0 bridgehead atoms. The highest BCUT2D eigenvalue weighted by molar-refractivity contribution is 5.93. The zero-order valence-electron chi connectivity index (χ0n) is 34.5. The minimum Gasteiger partial charge on any atom is -0.465 e. The molecule has 0 spiro atoms. The van der Waals surface area contributed by atoms with E-state index in [1.165, 1.54) is 0 Å². The van der Waals surface area contributed by atoms with Gasteiger partial charge < -0.3 is 45.0 Å². The third-order valence-corrected chi connectivity index (χ3v) is 9.29. The van der Waals surface area contributed by atoms with Gasteiger partial charge in [-0.15, -0.1) is 0 Å². The van der Waals surface area contributed by atoms with Crippen molar-refractivity contribution in [3.05, 3.63) is 81.7 Å². The Morgan fingerprint density at radius 2 is 1.18 bits per heavy atom. The van der Waals surface area contributed by atoms with Gasteiger partial charge in [0.15, 0.2) is 23.0 Å². The Morgan fingerprint density at radius 3 is 1.54 bits per heavy atom. The van der Waals surface area contributed by atoms with Crippen molar-refractivity contribution >= 4 is 34.9 Å². The van der Waals surface area contributed by atoms with Crippen LogP contribution in [-0.2, 0) is 19.1 Å². The van der Waals surface area contributed by atoms with Crippen LogP contribution in [0.2, 0.25) is 0 Å². The summed E-state index contributed by atoms with van der Waals surface area (Å²) >= 11 is 0. The Hall–Kier alpha value is -7.60. The van der Waals surface area contributed by atoms with Crippen LogP contribution in [0.3, 0.4) is 0 Å². The molecule has 0 aliphatic carbocycles. The predicted octanol–water partition coefficient (Wildman–Crippen LogP) is 7.86. The third kappa shape index (κ3) is 10.5. The van der Waals surface area contributed by atoms with Crippen molar-refractivity contribution in [2.75, 3.05) is 44.9 Å². The third-order valence-electron chi connectivity index (χ3n) is 9.29. The molecule has 17 heteroatoms. The lowest BCUT2D eigenvalue weighted by Gasteiger charge is -2.17. The van der Waals surface area contributed by atoms with Gasteiger partial charge in [0.1, 0.15) is 23.8 Å². The number of nitrogen functional groups attached to an aromatic ring is 2. The van der Waals surface area contributed by atoms with E-state index in [-0.39, 0.29) is 65.7 Å². The number of ether oxygens (including phenoxy) is 6. The molecule has 4 heterocycles. The number of nitrogens with zero attached hydrogens (tertiary/aromatic N) is 6. The molecule has 0 saturated heterocycles. The first-order valence-electron chi connectivity index (χ1n) is 19.4. The molecule has 2 aromatic heterocycles. The van der Waals surface area contributed by atoms with Gasteiger partial charge in [0.2, 0.25) is 25.0 Å². The molecule has 2 aliphatic heterocycles. The molecule has 2 unspecified atom stereocenters. The highest BCUT2D eigenvalue weighted by Crippen LogP contribution is 2.45. The summed E-state index contributed by atoms with van der Waals surface area (Å²) in [5.74, 6) is -0.574. The molecule has 2 atom stereocenters. The summed E-state index contributed by atoms with van der Waals surface area (Å²) in [6, 6.07) is 14.3. The molecule has 0 fully saturated rings. The Morgan fingerprint density at radius 1 is 0.754 bits per heavy atom. The highest BCUT2D eigenvalue weighted by Gasteiger charge is 2.30. The van der Waals surface area contributed by atoms with Crippen molar-refractivity contribution in [1.82, 2.24) is 9.97 Å². The number of nitrogens with two attached hydrogens (primary N) is 2. The first-order chi connectivity index (χ1) is 29.4. The Kier molecular flexibility index (Phi) is 16.6. The van der Waals surface area contributed by atoms with E-state index in [0.29, 0.717) is 58.5 Å². The van der Waals surface area contributed by atoms with Crippen molar-refractivity contribution in [2.24, 2.45) is 0 Å². The molecule has 6 rings (SSSR count). The first kappa shape index (κ1) is 46.1. The fourth-order valence-electron chi connectivity index (χ4n) is 6.06. The summed E-state index contributed by atoms with van der Waals surface area (Å²) in [7, 11) is 0. The fraction of sp³-hybridized carbons (Fsp3) is 0.364. The van der Waals surface area contributed by atoms with E-state index < -0.39 is 23.8 Å². The van der Waals surface area contributed by atoms with Crippen molar-refractivity contribution in [1.29, 1.82) is 10.5 Å². The van der Waals surface area contributed by atoms with Gasteiger partial charge in [0.05, 0.1) is 60.7 Å². The molecule has 0 radical (unpaired) electrons. The van der Waals surface area contributed by atoms with Crippen LogP contribution in [0.5, 0.6) is 23.0 Å². The van der Waals surface area contributed by atoms with Crippen LogP contribution in [-0.4, -0.2) is 60.4 Å². The number of fused-ring (bicyclic) bond motifs is 2. The molecule has 61 heavy (non-hydrogen) atoms. The number of hydrogen-bond donors (Lipinski definition) is 3. The summed E-state index contributed by atoms with van der Waals surface area (Å²) in [6.45, 7) is 25.0. The van der Waals surface area contributed by atoms with Crippen LogP contribution < -0.4 is 30.4 Å². The van der Waals surface area contributed by atoms with E-state index in [0.717, 1.165) is 25.7 Å². The van der Waals surface area contributed by atoms with E-state index in [1.54, 1.807) is 57.2 Å². The SMILES string of the molecule is CCCCO.[C-]#[N+]c1c(N)nc(C(C)C(=O)OCC)c(C#N)c1-c1ccc2c(c1)OCO2.[C-]#[N+]c1c(N)nc(C(C)C(=O)OCCCC)c(C#N)c1-c1ccc2c(c1)OCO2. The van der Waals surface area contributed by atoms with Crippen LogP contribution in [0.25, 0.3) is 31.9 Å². The number of anilines is 2. The zero-order valence-corrected chi connectivity index (χ0v) is 34.5. The quantitative estimate of drug-likeness (QED) is 0.0699. The average molecular weight is 831 g/mol. The smallest absolute Gasteiger partial charge is 0.314 e. The van der Waals surface area contributed by atoms with Gasteiger partial charge in [-0.3, -0.25) is 9.59 Å². The molecule has 0 saturated carbocycles. The van der Waals surface area contributed by atoms with E-state index in [1.807, 2.05) is 6.92 Å². The maximum absolute atomic E-state index is 12.4. The highest BCUT2D eigenvalue weighted by atomic mass is 16.7. The van der Waals surface area contributed by atoms with Crippen LogP contribution in [0.15, 0.2) is 36.4 Å². The van der Waals surface area contributed by atoms with Gasteiger partial charge in [-0.25, -0.2) is 19.7 Å². The lowest BCUT2D eigenvalue weighted by molar-refractivity contribution is -0.145. The van der Waals surface area contributed by atoms with Gasteiger partial charge >= 0.3 is 11.9 Å². The molecule has 4 aromatic rings.